The second-order valence-corrected chi connectivity index (χ2v) is 17.6. The minimum atomic E-state index is -0.691. The van der Waals surface area contributed by atoms with Crippen molar-refractivity contribution >= 4 is 11.8 Å². The van der Waals surface area contributed by atoms with Crippen molar-refractivity contribution in [2.45, 2.75) is 160 Å². The molecule has 10 nitrogen and oxygen atoms in total. The maximum atomic E-state index is 14.9. The summed E-state index contributed by atoms with van der Waals surface area (Å²) in [5.74, 6) is -1.11. The van der Waals surface area contributed by atoms with E-state index < -0.39 is 30.3 Å². The van der Waals surface area contributed by atoms with E-state index >= 15 is 0 Å². The van der Waals surface area contributed by atoms with Crippen LogP contribution in [0.3, 0.4) is 0 Å². The van der Waals surface area contributed by atoms with Gasteiger partial charge in [0, 0.05) is 45.0 Å². The van der Waals surface area contributed by atoms with Gasteiger partial charge in [-0.2, -0.15) is 0 Å². The minimum absolute atomic E-state index is 0.00780. The zero-order valence-electron chi connectivity index (χ0n) is 35.1. The highest BCUT2D eigenvalue weighted by Crippen LogP contribution is 2.58. The summed E-state index contributed by atoms with van der Waals surface area (Å²) in [4.78, 5) is 28.7. The summed E-state index contributed by atoms with van der Waals surface area (Å²) >= 11 is 0. The summed E-state index contributed by atoms with van der Waals surface area (Å²) in [5, 5.41) is 0. The molecule has 11 heteroatoms. The van der Waals surface area contributed by atoms with Crippen LogP contribution in [0.5, 0.6) is 0 Å². The molecule has 0 bridgehead atoms. The smallest absolute Gasteiger partial charge is 0.307 e. The van der Waals surface area contributed by atoms with Gasteiger partial charge in [0.2, 0.25) is 0 Å². The Kier molecular flexibility index (Phi) is 13.8. The zero-order valence-corrected chi connectivity index (χ0v) is 35.1. The lowest BCUT2D eigenvalue weighted by atomic mass is 9.66. The number of esters is 1. The molecule has 0 amide bonds. The lowest BCUT2D eigenvalue weighted by Gasteiger charge is -2.44. The van der Waals surface area contributed by atoms with Crippen molar-refractivity contribution in [1.29, 1.82) is 0 Å². The van der Waals surface area contributed by atoms with Crippen LogP contribution in [0.4, 0.5) is 4.39 Å². The van der Waals surface area contributed by atoms with Gasteiger partial charge in [0.25, 0.3) is 0 Å². The maximum Gasteiger partial charge on any atom is 0.307 e. The zero-order chi connectivity index (χ0) is 40.5. The molecule has 3 saturated heterocycles. The lowest BCUT2D eigenvalue weighted by Crippen LogP contribution is -2.59. The van der Waals surface area contributed by atoms with E-state index in [4.69, 9.17) is 37.9 Å². The van der Waals surface area contributed by atoms with Crippen LogP contribution in [0.2, 0.25) is 0 Å². The average Bonchev–Trinajstić information content (AvgIpc) is 3.78. The largest absolute Gasteiger partial charge is 0.462 e. The fourth-order valence-electron chi connectivity index (χ4n) is 10.9. The molecule has 3 aliphatic heterocycles. The average molecular weight is 797 g/mol. The molecule has 0 spiro atoms. The Hall–Kier alpha value is -2.51. The van der Waals surface area contributed by atoms with E-state index in [2.05, 4.69) is 26.0 Å². The first-order valence-electron chi connectivity index (χ1n) is 21.6. The van der Waals surface area contributed by atoms with Crippen molar-refractivity contribution in [3.05, 3.63) is 58.9 Å². The Morgan fingerprint density at radius 1 is 0.807 bits per heavy atom. The summed E-state index contributed by atoms with van der Waals surface area (Å²) in [5.41, 5.74) is 2.57. The number of ketones is 1. The first-order valence-corrected chi connectivity index (χ1v) is 21.6. The number of methoxy groups -OCH3 is 3. The second kappa shape index (κ2) is 18.4. The quantitative estimate of drug-likeness (QED) is 0.181. The Morgan fingerprint density at radius 2 is 1.54 bits per heavy atom. The number of fused-ring (bicyclic) bond motifs is 5. The molecular formula is C46H65FO10. The Bertz CT molecular complexity index is 1630. The van der Waals surface area contributed by atoms with Crippen LogP contribution in [0.15, 0.2) is 47.6 Å². The number of Topliss-reactive ketones (excluding diaryl/α,β-unsaturated/α-hetero) is 1. The van der Waals surface area contributed by atoms with Crippen LogP contribution < -0.4 is 0 Å². The SMILES string of the molecule is CC[C@H]1CCC[C@H](O[C@H]2CC[C@H](C)C(C)O2)[C@@H](C)C(=O)C2=C[C@@H]3C(=CC(c4cccc(F)c4)[C@@H]4C[C@@H](O[C@@H]5OC(C)[C@H](OC)C(OC)[C@@H]5OC)C[C@@H]34)[C@@H]2CC(=O)O1. The number of allylic oxidation sites excluding steroid dienone is 4. The fourth-order valence-corrected chi connectivity index (χ4v) is 10.9. The first kappa shape index (κ1) is 42.6. The van der Waals surface area contributed by atoms with Crippen molar-refractivity contribution in [2.75, 3.05) is 21.3 Å². The molecule has 17 atom stereocenters. The van der Waals surface area contributed by atoms with E-state index in [1.807, 2.05) is 26.8 Å². The third-order valence-corrected chi connectivity index (χ3v) is 14.3. The van der Waals surface area contributed by atoms with Crippen molar-refractivity contribution in [2.24, 2.45) is 35.5 Å². The van der Waals surface area contributed by atoms with Gasteiger partial charge in [0.1, 0.15) is 30.2 Å². The van der Waals surface area contributed by atoms with Crippen molar-refractivity contribution in [3.8, 4) is 0 Å². The van der Waals surface area contributed by atoms with Crippen LogP contribution in [0, 0.1) is 41.3 Å². The van der Waals surface area contributed by atoms with E-state index in [0.29, 0.717) is 43.6 Å². The van der Waals surface area contributed by atoms with Gasteiger partial charge in [-0.3, -0.25) is 9.59 Å². The summed E-state index contributed by atoms with van der Waals surface area (Å²) < 4.78 is 64.8. The van der Waals surface area contributed by atoms with E-state index in [9.17, 15) is 14.0 Å². The monoisotopic (exact) mass is 796 g/mol. The molecular weight excluding hydrogens is 731 g/mol. The van der Waals surface area contributed by atoms with Crippen LogP contribution >= 0.6 is 0 Å². The molecule has 0 radical (unpaired) electrons. The van der Waals surface area contributed by atoms with Gasteiger partial charge in [-0.25, -0.2) is 4.39 Å². The van der Waals surface area contributed by atoms with Gasteiger partial charge in [0.15, 0.2) is 18.4 Å². The van der Waals surface area contributed by atoms with E-state index in [-0.39, 0.29) is 90.6 Å². The van der Waals surface area contributed by atoms with Crippen molar-refractivity contribution in [1.82, 2.24) is 0 Å². The predicted molar refractivity (Wildman–Crippen MR) is 211 cm³/mol. The summed E-state index contributed by atoms with van der Waals surface area (Å²) in [6.45, 7) is 10.3. The van der Waals surface area contributed by atoms with Crippen molar-refractivity contribution in [3.63, 3.8) is 0 Å². The molecule has 7 rings (SSSR count). The Labute approximate surface area is 338 Å². The molecule has 0 aromatic heterocycles. The van der Waals surface area contributed by atoms with Gasteiger partial charge < -0.3 is 37.9 Å². The summed E-state index contributed by atoms with van der Waals surface area (Å²) in [6.07, 6.45) is 7.24. The number of hydrogen-bond acceptors (Lipinski definition) is 10. The van der Waals surface area contributed by atoms with Crippen LogP contribution in [0.25, 0.3) is 0 Å². The fraction of sp³-hybridized carbons (Fsp3) is 0.739. The summed E-state index contributed by atoms with van der Waals surface area (Å²) in [6, 6.07) is 6.81. The molecule has 4 fully saturated rings. The number of hydrogen-bond donors (Lipinski definition) is 0. The van der Waals surface area contributed by atoms with E-state index in [1.54, 1.807) is 33.5 Å². The molecule has 3 heterocycles. The van der Waals surface area contributed by atoms with Gasteiger partial charge in [-0.05, 0) is 106 Å². The van der Waals surface area contributed by atoms with Gasteiger partial charge >= 0.3 is 5.97 Å². The minimum Gasteiger partial charge on any atom is -0.462 e. The van der Waals surface area contributed by atoms with Gasteiger partial charge in [-0.15, -0.1) is 0 Å². The number of cyclic esters (lactones) is 1. The molecule has 3 aliphatic carbocycles. The normalized spacial score (nSPS) is 42.8. The molecule has 6 aliphatic rings. The number of carbonyl (C=O) groups is 2. The first-order chi connectivity index (χ1) is 27.4. The molecule has 4 unspecified atom stereocenters. The van der Waals surface area contributed by atoms with Gasteiger partial charge in [0.05, 0.1) is 30.8 Å². The molecule has 1 saturated carbocycles. The molecule has 1 aromatic rings. The lowest BCUT2D eigenvalue weighted by molar-refractivity contribution is -0.314. The number of carbonyl (C=O) groups excluding carboxylic acids is 2. The third kappa shape index (κ3) is 8.86. The number of halogens is 1. The van der Waals surface area contributed by atoms with Crippen molar-refractivity contribution < 1.29 is 51.9 Å². The van der Waals surface area contributed by atoms with Crippen LogP contribution in [-0.2, 0) is 47.5 Å². The molecule has 0 N–H and O–H groups in total. The standard InChI is InChI=1S/C46H65FO10/c1-9-30-14-11-15-39(57-41-17-16-24(2)26(4)53-41)25(3)42(49)38-22-36-34-20-31(56-46-45(52-8)44(51-7)43(50-6)27(5)54-46)19-33(34)32(28-12-10-13-29(47)18-28)21-35(36)37(38)23-40(48)55-30/h10,12-13,18,21-22,24-27,30-34,36-37,39,41,43-46H,9,11,14-17,19-20,23H2,1-8H3/t24-,25+,26?,27?,30-,31+,32?,33-,34+,36-,37-,39-,41-,43-,44?,45-,46-/m0/s1. The van der Waals surface area contributed by atoms with Crippen LogP contribution in [-0.4, -0.2) is 94.5 Å². The highest BCUT2D eigenvalue weighted by atomic mass is 19.1. The van der Waals surface area contributed by atoms with E-state index in [0.717, 1.165) is 30.4 Å². The van der Waals surface area contributed by atoms with Gasteiger partial charge in [-0.1, -0.05) is 50.6 Å². The topological polar surface area (TPSA) is 108 Å². The van der Waals surface area contributed by atoms with Crippen LogP contribution in [0.1, 0.15) is 104 Å². The second-order valence-electron chi connectivity index (χ2n) is 17.6. The number of rotatable bonds is 9. The molecule has 57 heavy (non-hydrogen) atoms. The van der Waals surface area contributed by atoms with E-state index in [1.165, 1.54) is 6.07 Å². The predicted octanol–water partition coefficient (Wildman–Crippen LogP) is 7.87. The maximum absolute atomic E-state index is 14.9. The Morgan fingerprint density at radius 3 is 2.23 bits per heavy atom. The summed E-state index contributed by atoms with van der Waals surface area (Å²) in [7, 11) is 4.91. The Balaban J connectivity index is 1.22. The number of ether oxygens (including phenoxy) is 8. The number of benzene rings is 1. The molecule has 316 valence electrons. The third-order valence-electron chi connectivity index (χ3n) is 14.3. The highest BCUT2D eigenvalue weighted by molar-refractivity contribution is 6.00. The highest BCUT2D eigenvalue weighted by Gasteiger charge is 2.54. The molecule has 1 aromatic carbocycles.